The van der Waals surface area contributed by atoms with Crippen LogP contribution in [0.2, 0.25) is 5.02 Å². The molecule has 0 bridgehead atoms. The zero-order valence-corrected chi connectivity index (χ0v) is 14.8. The zero-order chi connectivity index (χ0) is 19.1. The highest BCUT2D eigenvalue weighted by atomic mass is 35.5. The number of carbonyl (C=O) groups excluding carboxylic acids is 2. The first-order valence-electron chi connectivity index (χ1n) is 7.77. The average molecular weight is 376 g/mol. The van der Waals surface area contributed by atoms with E-state index in [0.717, 1.165) is 5.56 Å². The Morgan fingerprint density at radius 3 is 2.54 bits per heavy atom. The molecule has 0 aromatic heterocycles. The number of ether oxygens (including phenoxy) is 1. The molecule has 2 aromatic carbocycles. The van der Waals surface area contributed by atoms with Gasteiger partial charge in [0, 0.05) is 5.02 Å². The molecule has 0 spiro atoms. The molecule has 0 aliphatic rings. The summed E-state index contributed by atoms with van der Waals surface area (Å²) in [7, 11) is 0. The van der Waals surface area contributed by atoms with Crippen LogP contribution in [0.1, 0.15) is 29.3 Å². The lowest BCUT2D eigenvalue weighted by Gasteiger charge is -2.08. The molecule has 2 aromatic rings. The number of aromatic hydroxyl groups is 1. The summed E-state index contributed by atoms with van der Waals surface area (Å²) in [6.07, 6.45) is 0.559. The summed E-state index contributed by atoms with van der Waals surface area (Å²) in [6.45, 7) is 1.69. The number of nitrogens with one attached hydrogen (secondary N) is 1. The molecule has 0 atom stereocenters. The minimum Gasteiger partial charge on any atom is -0.507 e. The number of benzene rings is 2. The number of carbonyl (C=O) groups is 2. The van der Waals surface area contributed by atoms with Crippen molar-refractivity contribution in [3.8, 4) is 11.5 Å². The van der Waals surface area contributed by atoms with Crippen LogP contribution in [0, 0.1) is 0 Å². The highest BCUT2D eigenvalue weighted by Gasteiger charge is 2.12. The van der Waals surface area contributed by atoms with E-state index >= 15 is 0 Å². The van der Waals surface area contributed by atoms with Gasteiger partial charge in [0.2, 0.25) is 0 Å². The minimum absolute atomic E-state index is 0.0342. The van der Waals surface area contributed by atoms with Crippen LogP contribution >= 0.6 is 11.6 Å². The van der Waals surface area contributed by atoms with Crippen molar-refractivity contribution in [1.29, 1.82) is 0 Å². The van der Waals surface area contributed by atoms with Crippen LogP contribution in [-0.2, 0) is 4.79 Å². The average Bonchev–Trinajstić information content (AvgIpc) is 2.63. The minimum atomic E-state index is -0.572. The third kappa shape index (κ3) is 5.22. The number of hydrazone groups is 1. The number of nitrogens with zero attached hydrogens (tertiary/aromatic N) is 1. The third-order valence-electron chi connectivity index (χ3n) is 3.40. The second kappa shape index (κ2) is 8.87. The number of rotatable bonds is 7. The molecule has 0 fully saturated rings. The maximum absolute atomic E-state index is 12.2. The van der Waals surface area contributed by atoms with Crippen molar-refractivity contribution in [2.45, 2.75) is 13.3 Å². The summed E-state index contributed by atoms with van der Waals surface area (Å²) in [6, 6.07) is 11.0. The smallest absolute Gasteiger partial charge is 0.275 e. The predicted molar refractivity (Wildman–Crippen MR) is 98.5 cm³/mol. The fraction of sp³-hybridized carbons (Fsp3) is 0.167. The van der Waals surface area contributed by atoms with Crippen molar-refractivity contribution in [2.75, 3.05) is 6.61 Å². The molecular weight excluding hydrogens is 358 g/mol. The molecule has 0 saturated heterocycles. The lowest BCUT2D eigenvalue weighted by molar-refractivity contribution is -0.119. The van der Waals surface area contributed by atoms with Gasteiger partial charge in [-0.25, -0.2) is 5.43 Å². The molecule has 0 radical (unpaired) electrons. The van der Waals surface area contributed by atoms with Gasteiger partial charge in [0.05, 0.1) is 11.3 Å². The van der Waals surface area contributed by atoms with E-state index in [4.69, 9.17) is 22.1 Å². The lowest BCUT2D eigenvalue weighted by Crippen LogP contribution is -2.20. The maximum Gasteiger partial charge on any atom is 0.275 e. The Hall–Kier alpha value is -3.06. The van der Waals surface area contributed by atoms with Gasteiger partial charge in [-0.1, -0.05) is 18.5 Å². The molecule has 26 heavy (non-hydrogen) atoms. The molecule has 136 valence electrons. The number of phenolic OH excluding ortho intramolecular Hbond substituents is 1. The van der Waals surface area contributed by atoms with Crippen LogP contribution in [0.15, 0.2) is 47.6 Å². The lowest BCUT2D eigenvalue weighted by atomic mass is 10.1. The molecule has 0 aliphatic carbocycles. The monoisotopic (exact) mass is 375 g/mol. The van der Waals surface area contributed by atoms with Crippen molar-refractivity contribution in [1.82, 2.24) is 5.43 Å². The fourth-order valence-electron chi connectivity index (χ4n) is 2.11. The molecule has 0 unspecified atom stereocenters. The molecule has 2 rings (SSSR count). The van der Waals surface area contributed by atoms with E-state index in [-0.39, 0.29) is 17.9 Å². The third-order valence-corrected chi connectivity index (χ3v) is 3.63. The topological polar surface area (TPSA) is 114 Å². The van der Waals surface area contributed by atoms with Gasteiger partial charge in [-0.15, -0.1) is 0 Å². The van der Waals surface area contributed by atoms with Gasteiger partial charge in [0.15, 0.2) is 6.61 Å². The van der Waals surface area contributed by atoms with E-state index in [1.165, 1.54) is 18.2 Å². The summed E-state index contributed by atoms with van der Waals surface area (Å²) in [5.74, 6) is -0.818. The Bertz CT molecular complexity index is 835. The molecule has 0 aliphatic heterocycles. The first-order valence-corrected chi connectivity index (χ1v) is 8.15. The molecule has 2 amide bonds. The van der Waals surface area contributed by atoms with Crippen molar-refractivity contribution in [2.24, 2.45) is 10.8 Å². The summed E-state index contributed by atoms with van der Waals surface area (Å²) >= 11 is 5.84. The quantitative estimate of drug-likeness (QED) is 0.509. The highest BCUT2D eigenvalue weighted by molar-refractivity contribution is 6.31. The number of hydrogen-bond acceptors (Lipinski definition) is 5. The number of amides is 2. The van der Waals surface area contributed by atoms with E-state index in [1.54, 1.807) is 24.3 Å². The van der Waals surface area contributed by atoms with Crippen molar-refractivity contribution >= 4 is 29.1 Å². The first kappa shape index (κ1) is 19.3. The Kier molecular flexibility index (Phi) is 6.57. The van der Waals surface area contributed by atoms with Gasteiger partial charge in [-0.05, 0) is 54.4 Å². The van der Waals surface area contributed by atoms with Crippen molar-refractivity contribution in [3.63, 3.8) is 0 Å². The van der Waals surface area contributed by atoms with E-state index in [2.05, 4.69) is 10.5 Å². The van der Waals surface area contributed by atoms with Crippen LogP contribution in [0.3, 0.4) is 0 Å². The molecule has 8 heteroatoms. The Labute approximate surface area is 155 Å². The van der Waals surface area contributed by atoms with E-state index < -0.39 is 11.8 Å². The van der Waals surface area contributed by atoms with Crippen LogP contribution in [-0.4, -0.2) is 29.2 Å². The van der Waals surface area contributed by atoms with Crippen LogP contribution in [0.25, 0.3) is 0 Å². The van der Waals surface area contributed by atoms with Gasteiger partial charge >= 0.3 is 0 Å². The zero-order valence-electron chi connectivity index (χ0n) is 14.0. The molecule has 0 heterocycles. The molecular formula is C18H18ClN3O4. The number of halogens is 1. The van der Waals surface area contributed by atoms with E-state index in [1.807, 2.05) is 6.92 Å². The summed E-state index contributed by atoms with van der Waals surface area (Å²) in [4.78, 5) is 22.9. The second-order valence-electron chi connectivity index (χ2n) is 5.29. The van der Waals surface area contributed by atoms with Gasteiger partial charge in [-0.3, -0.25) is 9.59 Å². The Morgan fingerprint density at radius 1 is 1.23 bits per heavy atom. The second-order valence-corrected chi connectivity index (χ2v) is 5.73. The number of nitrogens with two attached hydrogens (primary N) is 1. The number of primary amides is 1. The summed E-state index contributed by atoms with van der Waals surface area (Å²) in [5.41, 5.74) is 8.87. The van der Waals surface area contributed by atoms with Gasteiger partial charge in [-0.2, -0.15) is 5.10 Å². The fourth-order valence-corrected chi connectivity index (χ4v) is 2.29. The highest BCUT2D eigenvalue weighted by Crippen LogP contribution is 2.21. The Balaban J connectivity index is 2.11. The predicted octanol–water partition coefficient (Wildman–Crippen LogP) is 2.45. The standard InChI is InChI=1S/C18H18ClN3O4/c1-2-15(11-3-6-13(7-4-11)26-10-17(20)24)21-22-18(25)14-9-12(19)5-8-16(14)23/h3-9,23H,2,10H2,1H3,(H2,20,24)(H,22,25)/b21-15-. The van der Waals surface area contributed by atoms with Crippen LogP contribution in [0.4, 0.5) is 0 Å². The Morgan fingerprint density at radius 2 is 1.92 bits per heavy atom. The van der Waals surface area contributed by atoms with E-state index in [9.17, 15) is 14.7 Å². The van der Waals surface area contributed by atoms with Gasteiger partial charge in [0.25, 0.3) is 11.8 Å². The maximum atomic E-state index is 12.2. The summed E-state index contributed by atoms with van der Waals surface area (Å²) < 4.78 is 5.19. The number of hydrogen-bond donors (Lipinski definition) is 3. The van der Waals surface area contributed by atoms with Crippen LogP contribution in [0.5, 0.6) is 11.5 Å². The van der Waals surface area contributed by atoms with Crippen molar-refractivity contribution < 1.29 is 19.4 Å². The number of phenols is 1. The SMILES string of the molecule is CC/C(=N/NC(=O)c1cc(Cl)ccc1O)c1ccc(OCC(N)=O)cc1. The van der Waals surface area contributed by atoms with Crippen molar-refractivity contribution in [3.05, 3.63) is 58.6 Å². The van der Waals surface area contributed by atoms with E-state index in [0.29, 0.717) is 22.9 Å². The largest absolute Gasteiger partial charge is 0.507 e. The normalized spacial score (nSPS) is 11.1. The molecule has 0 saturated carbocycles. The van der Waals surface area contributed by atoms with Gasteiger partial charge in [0.1, 0.15) is 11.5 Å². The molecule has 7 nitrogen and oxygen atoms in total. The van der Waals surface area contributed by atoms with Crippen LogP contribution < -0.4 is 15.9 Å². The summed E-state index contributed by atoms with van der Waals surface area (Å²) in [5, 5.41) is 14.2. The van der Waals surface area contributed by atoms with Gasteiger partial charge < -0.3 is 15.6 Å². The first-order chi connectivity index (χ1) is 12.4. The molecule has 4 N–H and O–H groups in total.